The number of hydrogen-bond donors (Lipinski definition) is 1. The first-order chi connectivity index (χ1) is 13.6. The number of aromatic nitrogens is 3. The third kappa shape index (κ3) is 3.08. The third-order valence-corrected chi connectivity index (χ3v) is 5.00. The summed E-state index contributed by atoms with van der Waals surface area (Å²) in [7, 11) is 0. The number of nitrogens with zero attached hydrogens (tertiary/aromatic N) is 3. The van der Waals surface area contributed by atoms with E-state index < -0.39 is 29.1 Å². The highest BCUT2D eigenvalue weighted by atomic mass is 19.4. The second-order valence-corrected chi connectivity index (χ2v) is 6.89. The van der Waals surface area contributed by atoms with Crippen molar-refractivity contribution in [3.8, 4) is 11.3 Å². The summed E-state index contributed by atoms with van der Waals surface area (Å²) < 4.78 is 55.0. The van der Waals surface area contributed by atoms with Crippen LogP contribution in [0.2, 0.25) is 0 Å². The second kappa shape index (κ2) is 6.43. The maximum Gasteiger partial charge on any atom is 0.419 e. The van der Waals surface area contributed by atoms with E-state index in [1.165, 1.54) is 10.8 Å². The number of benzene rings is 1. The van der Waals surface area contributed by atoms with Crippen LogP contribution in [0.25, 0.3) is 16.8 Å². The summed E-state index contributed by atoms with van der Waals surface area (Å²) in [4.78, 5) is 24.7. The number of aromatic carboxylic acids is 1. The molecule has 29 heavy (non-hydrogen) atoms. The van der Waals surface area contributed by atoms with Crippen molar-refractivity contribution in [3.63, 3.8) is 0 Å². The summed E-state index contributed by atoms with van der Waals surface area (Å²) in [5.41, 5.74) is -1.46. The predicted molar refractivity (Wildman–Crippen MR) is 94.5 cm³/mol. The molecule has 1 aliphatic carbocycles. The Hall–Kier alpha value is -3.17. The highest BCUT2D eigenvalue weighted by molar-refractivity contribution is 5.90. The Kier molecular flexibility index (Phi) is 4.25. The smallest absolute Gasteiger partial charge is 0.419 e. The predicted octanol–water partition coefficient (Wildman–Crippen LogP) is 3.92. The van der Waals surface area contributed by atoms with Crippen LogP contribution in [-0.2, 0) is 12.7 Å². The van der Waals surface area contributed by atoms with Crippen LogP contribution in [0.15, 0.2) is 29.2 Å². The van der Waals surface area contributed by atoms with Gasteiger partial charge in [-0.1, -0.05) is 6.07 Å². The fraction of sp³-hybridized carbons (Fsp3) is 0.316. The minimum atomic E-state index is -4.84. The van der Waals surface area contributed by atoms with Crippen molar-refractivity contribution in [1.29, 1.82) is 0 Å². The molecule has 2 heterocycles. The molecule has 0 saturated heterocycles. The van der Waals surface area contributed by atoms with E-state index in [1.807, 2.05) is 0 Å². The quantitative estimate of drug-likeness (QED) is 0.663. The van der Waals surface area contributed by atoms with Crippen LogP contribution in [0.5, 0.6) is 0 Å². The molecule has 0 spiro atoms. The molecular formula is C19H15F4N3O3. The van der Waals surface area contributed by atoms with Gasteiger partial charge < -0.3 is 9.67 Å². The first kappa shape index (κ1) is 19.2. The highest BCUT2D eigenvalue weighted by Gasteiger charge is 2.36. The van der Waals surface area contributed by atoms with E-state index in [9.17, 15) is 32.3 Å². The minimum Gasteiger partial charge on any atom is -0.476 e. The Morgan fingerprint density at radius 2 is 2.00 bits per heavy atom. The number of carbonyl (C=O) groups is 1. The zero-order valence-corrected chi connectivity index (χ0v) is 15.1. The van der Waals surface area contributed by atoms with Crippen LogP contribution < -0.4 is 5.56 Å². The van der Waals surface area contributed by atoms with Gasteiger partial charge in [-0.2, -0.15) is 18.3 Å². The molecule has 1 saturated carbocycles. The van der Waals surface area contributed by atoms with Gasteiger partial charge >= 0.3 is 12.1 Å². The molecule has 0 amide bonds. The Morgan fingerprint density at radius 1 is 1.31 bits per heavy atom. The van der Waals surface area contributed by atoms with Crippen LogP contribution in [-0.4, -0.2) is 25.3 Å². The Morgan fingerprint density at radius 3 is 2.52 bits per heavy atom. The van der Waals surface area contributed by atoms with Crippen LogP contribution in [0.1, 0.15) is 47.3 Å². The first-order valence-corrected chi connectivity index (χ1v) is 8.90. The lowest BCUT2D eigenvalue weighted by Crippen LogP contribution is -2.24. The monoisotopic (exact) mass is 409 g/mol. The molecule has 0 radical (unpaired) electrons. The van der Waals surface area contributed by atoms with Crippen molar-refractivity contribution in [2.45, 2.75) is 38.4 Å². The molecule has 4 rings (SSSR count). The molecule has 1 fully saturated rings. The van der Waals surface area contributed by atoms with E-state index >= 15 is 0 Å². The highest BCUT2D eigenvalue weighted by Crippen LogP contribution is 2.43. The fourth-order valence-electron chi connectivity index (χ4n) is 3.54. The van der Waals surface area contributed by atoms with Gasteiger partial charge in [0.2, 0.25) is 0 Å². The number of hydrogen-bond acceptors (Lipinski definition) is 3. The van der Waals surface area contributed by atoms with Gasteiger partial charge in [-0.05, 0) is 37.8 Å². The van der Waals surface area contributed by atoms with E-state index in [1.54, 1.807) is 6.92 Å². The van der Waals surface area contributed by atoms with Crippen LogP contribution in [0, 0.1) is 5.82 Å². The lowest BCUT2D eigenvalue weighted by Gasteiger charge is -2.14. The average molecular weight is 409 g/mol. The van der Waals surface area contributed by atoms with E-state index in [-0.39, 0.29) is 34.9 Å². The molecule has 1 aliphatic rings. The van der Waals surface area contributed by atoms with Gasteiger partial charge in [0, 0.05) is 17.7 Å². The normalized spacial score (nSPS) is 14.5. The number of rotatable bonds is 4. The molecule has 2 aromatic heterocycles. The van der Waals surface area contributed by atoms with E-state index in [0.717, 1.165) is 23.4 Å². The molecule has 0 atom stereocenters. The maximum atomic E-state index is 14.1. The summed E-state index contributed by atoms with van der Waals surface area (Å²) in [5, 5.41) is 13.5. The summed E-state index contributed by atoms with van der Waals surface area (Å²) in [6, 6.07) is 2.39. The van der Waals surface area contributed by atoms with Crippen molar-refractivity contribution >= 4 is 11.5 Å². The summed E-state index contributed by atoms with van der Waals surface area (Å²) >= 11 is 0. The van der Waals surface area contributed by atoms with E-state index in [2.05, 4.69) is 5.10 Å². The topological polar surface area (TPSA) is 76.6 Å². The number of alkyl halides is 3. The van der Waals surface area contributed by atoms with Crippen LogP contribution in [0.3, 0.4) is 0 Å². The lowest BCUT2D eigenvalue weighted by atomic mass is 10.1. The van der Waals surface area contributed by atoms with Gasteiger partial charge in [-0.3, -0.25) is 4.79 Å². The van der Waals surface area contributed by atoms with E-state index in [4.69, 9.17) is 0 Å². The molecule has 0 bridgehead atoms. The Labute approximate surface area is 161 Å². The number of carboxylic acid groups (broad SMARTS) is 1. The molecule has 1 aromatic carbocycles. The SMILES string of the molecule is CCn1c(-c2ccc(C(F)(F)F)c(F)c2)cn2nc(C(=O)O)c(C3CC3)c2c1=O. The van der Waals surface area contributed by atoms with Crippen LogP contribution in [0.4, 0.5) is 17.6 Å². The number of fused-ring (bicyclic) bond motifs is 1. The standard InChI is InChI=1S/C19H15F4N3O3/c1-2-25-13(10-5-6-11(12(20)7-10)19(21,22)23)8-26-16(17(25)27)14(9-3-4-9)15(24-26)18(28)29/h5-9H,2-4H2,1H3,(H,28,29). The van der Waals surface area contributed by atoms with Gasteiger partial charge in [0.25, 0.3) is 5.56 Å². The Balaban J connectivity index is 1.98. The zero-order chi connectivity index (χ0) is 21.1. The van der Waals surface area contributed by atoms with Gasteiger partial charge in [-0.25, -0.2) is 13.7 Å². The molecule has 10 heteroatoms. The van der Waals surface area contributed by atoms with Crippen LogP contribution >= 0.6 is 0 Å². The van der Waals surface area contributed by atoms with Crippen molar-refractivity contribution < 1.29 is 27.5 Å². The molecule has 6 nitrogen and oxygen atoms in total. The molecule has 1 N–H and O–H groups in total. The van der Waals surface area contributed by atoms with Crippen molar-refractivity contribution in [2.75, 3.05) is 0 Å². The van der Waals surface area contributed by atoms with E-state index in [0.29, 0.717) is 17.7 Å². The minimum absolute atomic E-state index is 0.0525. The molecule has 0 aliphatic heterocycles. The van der Waals surface area contributed by atoms with Gasteiger partial charge in [-0.15, -0.1) is 0 Å². The largest absolute Gasteiger partial charge is 0.476 e. The second-order valence-electron chi connectivity index (χ2n) is 6.89. The average Bonchev–Trinajstić information content (AvgIpc) is 3.40. The van der Waals surface area contributed by atoms with Crippen molar-refractivity contribution in [2.24, 2.45) is 0 Å². The molecular weight excluding hydrogens is 394 g/mol. The van der Waals surface area contributed by atoms with Crippen molar-refractivity contribution in [3.05, 3.63) is 57.4 Å². The van der Waals surface area contributed by atoms with Gasteiger partial charge in [0.1, 0.15) is 11.3 Å². The molecule has 3 aromatic rings. The fourth-order valence-corrected chi connectivity index (χ4v) is 3.54. The summed E-state index contributed by atoms with van der Waals surface area (Å²) in [6.45, 7) is 1.82. The number of halogens is 4. The lowest BCUT2D eigenvalue weighted by molar-refractivity contribution is -0.139. The van der Waals surface area contributed by atoms with Crippen molar-refractivity contribution in [1.82, 2.24) is 14.2 Å². The zero-order valence-electron chi connectivity index (χ0n) is 15.1. The maximum absolute atomic E-state index is 14.1. The first-order valence-electron chi connectivity index (χ1n) is 8.90. The third-order valence-electron chi connectivity index (χ3n) is 5.00. The molecule has 152 valence electrons. The van der Waals surface area contributed by atoms with Gasteiger partial charge in [0.15, 0.2) is 5.69 Å². The number of carboxylic acids is 1. The van der Waals surface area contributed by atoms with Gasteiger partial charge in [0.05, 0.1) is 17.5 Å². The summed E-state index contributed by atoms with van der Waals surface area (Å²) in [6.07, 6.45) is -1.99. The molecule has 0 unspecified atom stereocenters. The Bertz CT molecular complexity index is 1210. The summed E-state index contributed by atoms with van der Waals surface area (Å²) in [5.74, 6) is -2.79.